The lowest BCUT2D eigenvalue weighted by molar-refractivity contribution is 0.284. The highest BCUT2D eigenvalue weighted by Crippen LogP contribution is 2.31. The molecule has 0 aliphatic carbocycles. The molecule has 3 rings (SSSR count). The Morgan fingerprint density at radius 2 is 1.97 bits per heavy atom. The summed E-state index contributed by atoms with van der Waals surface area (Å²) in [7, 11) is 1.64. The van der Waals surface area contributed by atoms with Gasteiger partial charge in [-0.25, -0.2) is 4.39 Å². The molecular formula is C24H25FN2O2S. The predicted octanol–water partition coefficient (Wildman–Crippen LogP) is 6.33. The van der Waals surface area contributed by atoms with Crippen LogP contribution < -0.4 is 10.1 Å². The maximum absolute atomic E-state index is 13.7. The molecule has 0 spiro atoms. The van der Waals surface area contributed by atoms with Crippen molar-refractivity contribution in [2.75, 3.05) is 12.4 Å². The summed E-state index contributed by atoms with van der Waals surface area (Å²) in [4.78, 5) is 2.04. The predicted molar refractivity (Wildman–Crippen MR) is 122 cm³/mol. The monoisotopic (exact) mass is 424 g/mol. The Morgan fingerprint density at radius 1 is 1.20 bits per heavy atom. The normalized spacial score (nSPS) is 11.6. The highest BCUT2D eigenvalue weighted by molar-refractivity contribution is 7.80. The molecule has 0 fully saturated rings. The molecule has 0 bridgehead atoms. The molecule has 0 radical (unpaired) electrons. The summed E-state index contributed by atoms with van der Waals surface area (Å²) in [6.45, 7) is 6.55. The van der Waals surface area contributed by atoms with Gasteiger partial charge < -0.3 is 19.4 Å². The molecule has 1 atom stereocenters. The second kappa shape index (κ2) is 10.1. The molecule has 1 heterocycles. The molecule has 6 heteroatoms. The van der Waals surface area contributed by atoms with E-state index in [2.05, 4.69) is 11.9 Å². The Bertz CT molecular complexity index is 987. The molecule has 4 nitrogen and oxygen atoms in total. The fraction of sp³-hybridized carbons (Fsp3) is 0.208. The number of ether oxygens (including phenoxy) is 1. The molecule has 0 aliphatic rings. The van der Waals surface area contributed by atoms with Crippen LogP contribution >= 0.6 is 12.2 Å². The lowest BCUT2D eigenvalue weighted by Gasteiger charge is -2.34. The second-order valence-corrected chi connectivity index (χ2v) is 7.48. The first-order valence-corrected chi connectivity index (χ1v) is 10.0. The van der Waals surface area contributed by atoms with Crippen molar-refractivity contribution >= 4 is 23.0 Å². The Balaban J connectivity index is 1.95. The molecule has 0 unspecified atom stereocenters. The van der Waals surface area contributed by atoms with Gasteiger partial charge in [-0.15, -0.1) is 6.58 Å². The van der Waals surface area contributed by atoms with Gasteiger partial charge >= 0.3 is 0 Å². The fourth-order valence-electron chi connectivity index (χ4n) is 3.22. The number of nitrogens with one attached hydrogen (secondary N) is 1. The third-order valence-corrected chi connectivity index (χ3v) is 5.00. The second-order valence-electron chi connectivity index (χ2n) is 7.10. The quantitative estimate of drug-likeness (QED) is 0.338. The van der Waals surface area contributed by atoms with Crippen LogP contribution in [0.25, 0.3) is 0 Å². The van der Waals surface area contributed by atoms with Crippen molar-refractivity contribution in [1.29, 1.82) is 0 Å². The van der Waals surface area contributed by atoms with Crippen LogP contribution in [-0.4, -0.2) is 17.1 Å². The van der Waals surface area contributed by atoms with Gasteiger partial charge in [0.1, 0.15) is 17.3 Å². The number of nitrogens with zero attached hydrogens (tertiary/aromatic N) is 1. The average molecular weight is 425 g/mol. The van der Waals surface area contributed by atoms with Crippen molar-refractivity contribution in [3.8, 4) is 5.75 Å². The van der Waals surface area contributed by atoms with E-state index in [9.17, 15) is 4.39 Å². The van der Waals surface area contributed by atoms with Gasteiger partial charge in [0.25, 0.3) is 0 Å². The van der Waals surface area contributed by atoms with Crippen LogP contribution in [0.4, 0.5) is 10.1 Å². The van der Waals surface area contributed by atoms with E-state index < -0.39 is 0 Å². The van der Waals surface area contributed by atoms with Crippen molar-refractivity contribution in [3.05, 3.63) is 96.2 Å². The van der Waals surface area contributed by atoms with E-state index in [-0.39, 0.29) is 11.9 Å². The number of hydrogen-bond donors (Lipinski definition) is 1. The third kappa shape index (κ3) is 5.70. The summed E-state index contributed by atoms with van der Waals surface area (Å²) >= 11 is 5.75. The van der Waals surface area contributed by atoms with Gasteiger partial charge in [-0.2, -0.15) is 0 Å². The maximum atomic E-state index is 13.7. The zero-order chi connectivity index (χ0) is 21.5. The summed E-state index contributed by atoms with van der Waals surface area (Å²) in [6.07, 6.45) is 2.33. The highest BCUT2D eigenvalue weighted by atomic mass is 32.1. The van der Waals surface area contributed by atoms with Gasteiger partial charge in [-0.1, -0.05) is 23.8 Å². The number of hydrogen-bond acceptors (Lipinski definition) is 3. The minimum Gasteiger partial charge on any atom is -0.497 e. The van der Waals surface area contributed by atoms with E-state index in [4.69, 9.17) is 21.4 Å². The minimum absolute atomic E-state index is 0.0907. The molecular weight excluding hydrogens is 399 g/mol. The van der Waals surface area contributed by atoms with E-state index in [1.54, 1.807) is 25.5 Å². The van der Waals surface area contributed by atoms with Gasteiger partial charge in [0.15, 0.2) is 5.11 Å². The first-order chi connectivity index (χ1) is 14.5. The number of halogens is 1. The van der Waals surface area contributed by atoms with Crippen LogP contribution in [0, 0.1) is 5.82 Å². The van der Waals surface area contributed by atoms with Crippen LogP contribution in [-0.2, 0) is 6.54 Å². The first kappa shape index (κ1) is 21.6. The summed E-state index contributed by atoms with van der Waals surface area (Å²) in [5.41, 5.74) is 2.68. The van der Waals surface area contributed by atoms with E-state index in [1.165, 1.54) is 12.1 Å². The Hall–Kier alpha value is -3.12. The van der Waals surface area contributed by atoms with Crippen LogP contribution in [0.3, 0.4) is 0 Å². The highest BCUT2D eigenvalue weighted by Gasteiger charge is 2.24. The molecule has 0 amide bonds. The molecule has 0 saturated carbocycles. The lowest BCUT2D eigenvalue weighted by atomic mass is 9.98. The fourth-order valence-corrected chi connectivity index (χ4v) is 3.53. The van der Waals surface area contributed by atoms with Crippen molar-refractivity contribution < 1.29 is 13.5 Å². The van der Waals surface area contributed by atoms with Gasteiger partial charge in [-0.05, 0) is 73.6 Å². The Kier molecular flexibility index (Phi) is 7.25. The Morgan fingerprint density at radius 3 is 2.57 bits per heavy atom. The molecule has 3 aromatic rings. The molecule has 30 heavy (non-hydrogen) atoms. The summed E-state index contributed by atoms with van der Waals surface area (Å²) < 4.78 is 24.5. The largest absolute Gasteiger partial charge is 0.497 e. The lowest BCUT2D eigenvalue weighted by Crippen LogP contribution is -2.37. The number of rotatable bonds is 8. The number of benzene rings is 2. The summed E-state index contributed by atoms with van der Waals surface area (Å²) in [6, 6.07) is 17.8. The molecule has 1 aromatic heterocycles. The van der Waals surface area contributed by atoms with Crippen molar-refractivity contribution in [1.82, 2.24) is 4.90 Å². The van der Waals surface area contributed by atoms with E-state index >= 15 is 0 Å². The topological polar surface area (TPSA) is 37.6 Å². The van der Waals surface area contributed by atoms with E-state index in [1.807, 2.05) is 48.2 Å². The summed E-state index contributed by atoms with van der Waals surface area (Å²) in [5.74, 6) is 1.23. The standard InChI is InChI=1S/C24H25FN2O2S/c1-17(2)14-23(18-9-11-21(28-3)12-10-18)27(16-22-8-5-13-29-22)24(30)26-20-7-4-6-19(25)15-20/h4-13,15,23H,1,14,16H2,2-3H3,(H,26,30)/t23-/m1/s1. The van der Waals surface area contributed by atoms with Crippen molar-refractivity contribution in [2.45, 2.75) is 25.9 Å². The summed E-state index contributed by atoms with van der Waals surface area (Å²) in [5, 5.41) is 3.63. The molecule has 0 saturated heterocycles. The van der Waals surface area contributed by atoms with E-state index in [0.29, 0.717) is 23.8 Å². The average Bonchev–Trinajstić information content (AvgIpc) is 3.24. The van der Waals surface area contributed by atoms with Gasteiger partial charge in [0, 0.05) is 5.69 Å². The number of furan rings is 1. The van der Waals surface area contributed by atoms with Crippen LogP contribution in [0.5, 0.6) is 5.75 Å². The Labute approximate surface area is 182 Å². The smallest absolute Gasteiger partial charge is 0.174 e. The third-order valence-electron chi connectivity index (χ3n) is 4.66. The zero-order valence-corrected chi connectivity index (χ0v) is 17.9. The van der Waals surface area contributed by atoms with Crippen LogP contribution in [0.15, 0.2) is 83.5 Å². The van der Waals surface area contributed by atoms with Gasteiger partial charge in [0.2, 0.25) is 0 Å². The molecule has 2 aromatic carbocycles. The number of anilines is 1. The van der Waals surface area contributed by atoms with Crippen LogP contribution in [0.2, 0.25) is 0 Å². The number of methoxy groups -OCH3 is 1. The first-order valence-electron chi connectivity index (χ1n) is 9.60. The number of thiocarbonyl (C=S) groups is 1. The maximum Gasteiger partial charge on any atom is 0.174 e. The zero-order valence-electron chi connectivity index (χ0n) is 17.1. The van der Waals surface area contributed by atoms with Crippen molar-refractivity contribution in [2.24, 2.45) is 0 Å². The minimum atomic E-state index is -0.325. The van der Waals surface area contributed by atoms with Gasteiger partial charge in [0.05, 0.1) is 26.0 Å². The molecule has 0 aliphatic heterocycles. The molecule has 156 valence electrons. The van der Waals surface area contributed by atoms with Gasteiger partial charge in [-0.3, -0.25) is 0 Å². The van der Waals surface area contributed by atoms with Crippen LogP contribution in [0.1, 0.15) is 30.7 Å². The molecule has 1 N–H and O–H groups in total. The SMILES string of the molecule is C=C(C)C[C@H](c1ccc(OC)cc1)N(Cc1ccco1)C(=S)Nc1cccc(F)c1. The van der Waals surface area contributed by atoms with E-state index in [0.717, 1.165) is 22.6 Å². The van der Waals surface area contributed by atoms with Crippen molar-refractivity contribution in [3.63, 3.8) is 0 Å².